The van der Waals surface area contributed by atoms with E-state index in [1.54, 1.807) is 12.1 Å². The molecule has 2 unspecified atom stereocenters. The van der Waals surface area contributed by atoms with Crippen molar-refractivity contribution in [2.45, 2.75) is 36.1 Å². The van der Waals surface area contributed by atoms with Crippen molar-refractivity contribution in [1.29, 1.82) is 0 Å². The number of halogens is 3. The molecule has 1 nitrogen and oxygen atoms in total. The van der Waals surface area contributed by atoms with Crippen LogP contribution < -0.4 is 0 Å². The van der Waals surface area contributed by atoms with Gasteiger partial charge < -0.3 is 5.11 Å². The SMILES string of the molecule is CCC(C)c1ccc(C(O)C(Cl)(Cl)Cl)cc1. The number of aliphatic hydroxyl groups excluding tert-OH is 1. The summed E-state index contributed by atoms with van der Waals surface area (Å²) in [7, 11) is 0. The summed E-state index contributed by atoms with van der Waals surface area (Å²) in [5.41, 5.74) is 1.84. The summed E-state index contributed by atoms with van der Waals surface area (Å²) in [5, 5.41) is 9.75. The maximum absolute atomic E-state index is 9.75. The minimum absolute atomic E-state index is 0.499. The fourth-order valence-corrected chi connectivity index (χ4v) is 1.81. The highest BCUT2D eigenvalue weighted by Gasteiger charge is 2.31. The van der Waals surface area contributed by atoms with Gasteiger partial charge in [-0.25, -0.2) is 0 Å². The summed E-state index contributed by atoms with van der Waals surface area (Å²) in [6, 6.07) is 7.52. The Morgan fingerprint density at radius 2 is 1.56 bits per heavy atom. The summed E-state index contributed by atoms with van der Waals surface area (Å²) in [5.74, 6) is 0.499. The lowest BCUT2D eigenvalue weighted by atomic mass is 9.97. The highest BCUT2D eigenvalue weighted by Crippen LogP contribution is 2.39. The quantitative estimate of drug-likeness (QED) is 0.803. The van der Waals surface area contributed by atoms with Crippen LogP contribution in [0.1, 0.15) is 43.4 Å². The van der Waals surface area contributed by atoms with E-state index in [0.29, 0.717) is 11.5 Å². The molecular weight excluding hydrogens is 266 g/mol. The van der Waals surface area contributed by atoms with Crippen molar-refractivity contribution < 1.29 is 5.11 Å². The number of hydrogen-bond acceptors (Lipinski definition) is 1. The van der Waals surface area contributed by atoms with Gasteiger partial charge in [0.25, 0.3) is 0 Å². The Bertz CT molecular complexity index is 329. The molecule has 0 amide bonds. The van der Waals surface area contributed by atoms with Crippen LogP contribution in [0.25, 0.3) is 0 Å². The van der Waals surface area contributed by atoms with Crippen molar-refractivity contribution in [3.8, 4) is 0 Å². The predicted octanol–water partition coefficient (Wildman–Crippen LogP) is 4.60. The lowest BCUT2D eigenvalue weighted by Crippen LogP contribution is -2.16. The Morgan fingerprint density at radius 1 is 1.12 bits per heavy atom. The first-order valence-electron chi connectivity index (χ1n) is 5.21. The Morgan fingerprint density at radius 3 is 1.94 bits per heavy atom. The largest absolute Gasteiger partial charge is 0.384 e. The van der Waals surface area contributed by atoms with E-state index in [-0.39, 0.29) is 0 Å². The van der Waals surface area contributed by atoms with Crippen LogP contribution >= 0.6 is 34.8 Å². The van der Waals surface area contributed by atoms with Gasteiger partial charge in [-0.3, -0.25) is 0 Å². The van der Waals surface area contributed by atoms with E-state index in [9.17, 15) is 5.11 Å². The maximum Gasteiger partial charge on any atom is 0.220 e. The first-order valence-corrected chi connectivity index (χ1v) is 6.34. The van der Waals surface area contributed by atoms with Crippen LogP contribution in [-0.4, -0.2) is 8.90 Å². The third-order valence-electron chi connectivity index (χ3n) is 2.74. The minimum Gasteiger partial charge on any atom is -0.384 e. The molecule has 2 atom stereocenters. The second-order valence-corrected chi connectivity index (χ2v) is 6.29. The molecular formula is C12H15Cl3O. The van der Waals surface area contributed by atoms with Crippen LogP contribution in [-0.2, 0) is 0 Å². The summed E-state index contributed by atoms with van der Waals surface area (Å²) in [6.07, 6.45) is -0.0182. The van der Waals surface area contributed by atoms with Gasteiger partial charge in [-0.05, 0) is 23.5 Å². The summed E-state index contributed by atoms with van der Waals surface area (Å²) in [4.78, 5) is 0. The number of alkyl halides is 3. The van der Waals surface area contributed by atoms with Gasteiger partial charge in [0.2, 0.25) is 3.79 Å². The number of benzene rings is 1. The molecule has 16 heavy (non-hydrogen) atoms. The molecule has 0 radical (unpaired) electrons. The Kier molecular flexibility index (Phi) is 4.93. The van der Waals surface area contributed by atoms with E-state index < -0.39 is 9.90 Å². The summed E-state index contributed by atoms with van der Waals surface area (Å²) >= 11 is 16.9. The molecule has 90 valence electrons. The molecule has 0 aromatic heterocycles. The zero-order valence-corrected chi connectivity index (χ0v) is 11.5. The van der Waals surface area contributed by atoms with Crippen molar-refractivity contribution in [3.05, 3.63) is 35.4 Å². The topological polar surface area (TPSA) is 20.2 Å². The fraction of sp³-hybridized carbons (Fsp3) is 0.500. The molecule has 0 aliphatic heterocycles. The minimum atomic E-state index is -1.68. The van der Waals surface area contributed by atoms with E-state index in [1.165, 1.54) is 5.56 Å². The lowest BCUT2D eigenvalue weighted by molar-refractivity contribution is 0.182. The average Bonchev–Trinajstić information content (AvgIpc) is 2.26. The molecule has 1 rings (SSSR count). The van der Waals surface area contributed by atoms with Gasteiger partial charge in [0.1, 0.15) is 6.10 Å². The van der Waals surface area contributed by atoms with E-state index >= 15 is 0 Å². The summed E-state index contributed by atoms with van der Waals surface area (Å²) < 4.78 is -1.68. The van der Waals surface area contributed by atoms with Crippen molar-refractivity contribution in [3.63, 3.8) is 0 Å². The highest BCUT2D eigenvalue weighted by atomic mass is 35.6. The molecule has 1 aromatic rings. The van der Waals surface area contributed by atoms with Gasteiger partial charge in [-0.2, -0.15) is 0 Å². The summed E-state index contributed by atoms with van der Waals surface area (Å²) in [6.45, 7) is 4.29. The van der Waals surface area contributed by atoms with Crippen molar-refractivity contribution in [2.24, 2.45) is 0 Å². The van der Waals surface area contributed by atoms with Gasteiger partial charge in [-0.15, -0.1) is 0 Å². The molecule has 0 saturated heterocycles. The second-order valence-electron chi connectivity index (χ2n) is 3.92. The normalized spacial score (nSPS) is 15.9. The molecule has 0 heterocycles. The molecule has 0 aliphatic rings. The molecule has 0 fully saturated rings. The zero-order valence-electron chi connectivity index (χ0n) is 9.25. The molecule has 1 aromatic carbocycles. The van der Waals surface area contributed by atoms with Crippen LogP contribution in [0.3, 0.4) is 0 Å². The van der Waals surface area contributed by atoms with Crippen LogP contribution in [0, 0.1) is 0 Å². The third-order valence-corrected chi connectivity index (χ3v) is 3.36. The predicted molar refractivity (Wildman–Crippen MR) is 70.4 cm³/mol. The number of rotatable bonds is 3. The molecule has 0 bridgehead atoms. The van der Waals surface area contributed by atoms with Gasteiger partial charge >= 0.3 is 0 Å². The van der Waals surface area contributed by atoms with Crippen LogP contribution in [0.2, 0.25) is 0 Å². The third kappa shape index (κ3) is 3.53. The number of hydrogen-bond donors (Lipinski definition) is 1. The monoisotopic (exact) mass is 280 g/mol. The maximum atomic E-state index is 9.75. The van der Waals surface area contributed by atoms with Crippen LogP contribution in [0.15, 0.2) is 24.3 Å². The standard InChI is InChI=1S/C12H15Cl3O/c1-3-8(2)9-4-6-10(7-5-9)11(16)12(13,14)15/h4-8,11,16H,3H2,1-2H3. The first kappa shape index (κ1) is 14.1. The van der Waals surface area contributed by atoms with E-state index in [4.69, 9.17) is 34.8 Å². The molecule has 4 heteroatoms. The average molecular weight is 282 g/mol. The van der Waals surface area contributed by atoms with Gasteiger partial charge in [0.15, 0.2) is 0 Å². The van der Waals surface area contributed by atoms with E-state index in [0.717, 1.165) is 6.42 Å². The van der Waals surface area contributed by atoms with Gasteiger partial charge in [0.05, 0.1) is 0 Å². The fourth-order valence-electron chi connectivity index (χ4n) is 1.43. The van der Waals surface area contributed by atoms with E-state index in [1.807, 2.05) is 12.1 Å². The smallest absolute Gasteiger partial charge is 0.220 e. The Hall–Kier alpha value is 0.0500. The molecule has 0 saturated carbocycles. The zero-order chi connectivity index (χ0) is 12.3. The van der Waals surface area contributed by atoms with Crippen molar-refractivity contribution in [1.82, 2.24) is 0 Å². The van der Waals surface area contributed by atoms with Gasteiger partial charge in [-0.1, -0.05) is 72.9 Å². The Balaban J connectivity index is 2.87. The lowest BCUT2D eigenvalue weighted by Gasteiger charge is -2.19. The molecule has 1 N–H and O–H groups in total. The van der Waals surface area contributed by atoms with Crippen molar-refractivity contribution >= 4 is 34.8 Å². The highest BCUT2D eigenvalue weighted by molar-refractivity contribution is 6.68. The van der Waals surface area contributed by atoms with Crippen LogP contribution in [0.4, 0.5) is 0 Å². The Labute approximate surface area is 111 Å². The van der Waals surface area contributed by atoms with E-state index in [2.05, 4.69) is 13.8 Å². The van der Waals surface area contributed by atoms with Gasteiger partial charge in [0, 0.05) is 0 Å². The number of aliphatic hydroxyl groups is 1. The molecule has 0 spiro atoms. The first-order chi connectivity index (χ1) is 7.36. The molecule has 0 aliphatic carbocycles. The van der Waals surface area contributed by atoms with Crippen molar-refractivity contribution in [2.75, 3.05) is 0 Å². The van der Waals surface area contributed by atoms with Crippen LogP contribution in [0.5, 0.6) is 0 Å². The second kappa shape index (κ2) is 5.59.